The number of hydrogen-bond acceptors (Lipinski definition) is 2. The van der Waals surface area contributed by atoms with E-state index in [2.05, 4.69) is 29.1 Å². The lowest BCUT2D eigenvalue weighted by Crippen LogP contribution is -2.40. The summed E-state index contributed by atoms with van der Waals surface area (Å²) in [6.45, 7) is 3.49. The summed E-state index contributed by atoms with van der Waals surface area (Å²) in [4.78, 5) is 0. The predicted octanol–water partition coefficient (Wildman–Crippen LogP) is 3.52. The van der Waals surface area contributed by atoms with E-state index < -0.39 is 0 Å². The maximum atomic E-state index is 3.75. The van der Waals surface area contributed by atoms with Gasteiger partial charge in [0.2, 0.25) is 0 Å². The van der Waals surface area contributed by atoms with Crippen molar-refractivity contribution in [3.05, 3.63) is 22.4 Å². The van der Waals surface area contributed by atoms with Crippen molar-refractivity contribution in [2.45, 2.75) is 44.6 Å². The molecular weight excluding hydrogens is 190 g/mol. The molecule has 1 aromatic rings. The molecule has 0 radical (unpaired) electrons. The van der Waals surface area contributed by atoms with Crippen molar-refractivity contribution in [2.24, 2.45) is 0 Å². The van der Waals surface area contributed by atoms with Crippen LogP contribution in [0.3, 0.4) is 0 Å². The molecule has 1 aromatic heterocycles. The first kappa shape index (κ1) is 10.2. The summed E-state index contributed by atoms with van der Waals surface area (Å²) < 4.78 is 0. The highest BCUT2D eigenvalue weighted by atomic mass is 32.1. The molecule has 1 N–H and O–H groups in total. The summed E-state index contributed by atoms with van der Waals surface area (Å²) in [6.07, 6.45) is 6.62. The SMILES string of the molecule is CCC1(c2ccsc2)CCCCCN1. The Bertz CT molecular complexity index is 258. The first-order chi connectivity index (χ1) is 6.87. The minimum Gasteiger partial charge on any atom is -0.307 e. The van der Waals surface area contributed by atoms with E-state index in [1.54, 1.807) is 0 Å². The summed E-state index contributed by atoms with van der Waals surface area (Å²) >= 11 is 1.81. The highest BCUT2D eigenvalue weighted by Crippen LogP contribution is 2.33. The van der Waals surface area contributed by atoms with Crippen LogP contribution in [-0.4, -0.2) is 6.54 Å². The average molecular weight is 209 g/mol. The van der Waals surface area contributed by atoms with Crippen LogP contribution < -0.4 is 5.32 Å². The Balaban J connectivity index is 2.23. The number of rotatable bonds is 2. The molecule has 0 bridgehead atoms. The first-order valence-electron chi connectivity index (χ1n) is 5.65. The van der Waals surface area contributed by atoms with Crippen molar-refractivity contribution in [1.82, 2.24) is 5.32 Å². The second kappa shape index (κ2) is 4.45. The first-order valence-corrected chi connectivity index (χ1v) is 6.59. The standard InChI is InChI=1S/C12H19NS/c1-2-12(11-6-9-14-10-11)7-4-3-5-8-13-12/h6,9-10,13H,2-5,7-8H2,1H3. The molecule has 78 valence electrons. The van der Waals surface area contributed by atoms with Gasteiger partial charge in [0.1, 0.15) is 0 Å². The molecule has 2 rings (SSSR count). The van der Waals surface area contributed by atoms with E-state index in [9.17, 15) is 0 Å². The topological polar surface area (TPSA) is 12.0 Å². The van der Waals surface area contributed by atoms with Crippen LogP contribution in [0, 0.1) is 0 Å². The Kier molecular flexibility index (Phi) is 3.24. The minimum atomic E-state index is 0.288. The molecule has 1 aliphatic heterocycles. The van der Waals surface area contributed by atoms with E-state index in [-0.39, 0.29) is 5.54 Å². The third-order valence-corrected chi connectivity index (χ3v) is 4.10. The molecule has 1 aliphatic rings. The molecule has 1 fully saturated rings. The van der Waals surface area contributed by atoms with E-state index in [1.807, 2.05) is 11.3 Å². The molecule has 1 saturated heterocycles. The van der Waals surface area contributed by atoms with Crippen LogP contribution in [0.5, 0.6) is 0 Å². The molecule has 0 amide bonds. The fraction of sp³-hybridized carbons (Fsp3) is 0.667. The van der Waals surface area contributed by atoms with E-state index in [1.165, 1.54) is 44.2 Å². The number of thiophene rings is 1. The van der Waals surface area contributed by atoms with Crippen LogP contribution in [0.4, 0.5) is 0 Å². The van der Waals surface area contributed by atoms with Gasteiger partial charge in [-0.25, -0.2) is 0 Å². The quantitative estimate of drug-likeness (QED) is 0.786. The zero-order valence-corrected chi connectivity index (χ0v) is 9.70. The highest BCUT2D eigenvalue weighted by molar-refractivity contribution is 7.08. The van der Waals surface area contributed by atoms with Crippen molar-refractivity contribution in [2.75, 3.05) is 6.54 Å². The second-order valence-electron chi connectivity index (χ2n) is 4.19. The van der Waals surface area contributed by atoms with Gasteiger partial charge >= 0.3 is 0 Å². The third kappa shape index (κ3) is 1.86. The van der Waals surface area contributed by atoms with Crippen LogP contribution in [-0.2, 0) is 5.54 Å². The van der Waals surface area contributed by atoms with Gasteiger partial charge in [-0.3, -0.25) is 0 Å². The van der Waals surface area contributed by atoms with Gasteiger partial charge in [0.15, 0.2) is 0 Å². The van der Waals surface area contributed by atoms with E-state index in [0.717, 1.165) is 0 Å². The minimum absolute atomic E-state index is 0.288. The normalized spacial score (nSPS) is 28.6. The van der Waals surface area contributed by atoms with Crippen LogP contribution in [0.15, 0.2) is 16.8 Å². The van der Waals surface area contributed by atoms with Crippen LogP contribution >= 0.6 is 11.3 Å². The lowest BCUT2D eigenvalue weighted by atomic mass is 9.85. The molecule has 2 heterocycles. The zero-order valence-electron chi connectivity index (χ0n) is 8.88. The molecule has 1 atom stereocenters. The Labute approximate surface area is 90.5 Å². The van der Waals surface area contributed by atoms with Crippen molar-refractivity contribution in [3.8, 4) is 0 Å². The van der Waals surface area contributed by atoms with Gasteiger partial charge in [0, 0.05) is 5.54 Å². The highest BCUT2D eigenvalue weighted by Gasteiger charge is 2.30. The van der Waals surface area contributed by atoms with E-state index in [4.69, 9.17) is 0 Å². The lowest BCUT2D eigenvalue weighted by molar-refractivity contribution is 0.313. The molecule has 14 heavy (non-hydrogen) atoms. The van der Waals surface area contributed by atoms with Crippen molar-refractivity contribution >= 4 is 11.3 Å². The molecule has 0 aromatic carbocycles. The molecule has 2 heteroatoms. The predicted molar refractivity (Wildman–Crippen MR) is 62.8 cm³/mol. The summed E-state index contributed by atoms with van der Waals surface area (Å²) in [7, 11) is 0. The van der Waals surface area contributed by atoms with Gasteiger partial charge in [-0.2, -0.15) is 11.3 Å². The summed E-state index contributed by atoms with van der Waals surface area (Å²) in [5, 5.41) is 8.25. The van der Waals surface area contributed by atoms with Crippen LogP contribution in [0.1, 0.15) is 44.6 Å². The molecule has 0 spiro atoms. The summed E-state index contributed by atoms with van der Waals surface area (Å²) in [5.41, 5.74) is 1.79. The third-order valence-electron chi connectivity index (χ3n) is 3.42. The van der Waals surface area contributed by atoms with Crippen molar-refractivity contribution in [1.29, 1.82) is 0 Å². The van der Waals surface area contributed by atoms with Crippen LogP contribution in [0.25, 0.3) is 0 Å². The Hall–Kier alpha value is -0.340. The molecule has 0 saturated carbocycles. The maximum Gasteiger partial charge on any atom is 0.0440 e. The Morgan fingerprint density at radius 2 is 2.36 bits per heavy atom. The molecular formula is C12H19NS. The monoisotopic (exact) mass is 209 g/mol. The summed E-state index contributed by atoms with van der Waals surface area (Å²) in [6, 6.07) is 2.28. The van der Waals surface area contributed by atoms with E-state index >= 15 is 0 Å². The smallest absolute Gasteiger partial charge is 0.0440 e. The van der Waals surface area contributed by atoms with E-state index in [0.29, 0.717) is 0 Å². The molecule has 1 unspecified atom stereocenters. The fourth-order valence-electron chi connectivity index (χ4n) is 2.43. The number of hydrogen-bond donors (Lipinski definition) is 1. The van der Waals surface area contributed by atoms with Gasteiger partial charge in [-0.15, -0.1) is 0 Å². The van der Waals surface area contributed by atoms with Gasteiger partial charge < -0.3 is 5.32 Å². The second-order valence-corrected chi connectivity index (χ2v) is 4.97. The number of nitrogens with one attached hydrogen (secondary N) is 1. The summed E-state index contributed by atoms with van der Waals surface area (Å²) in [5.74, 6) is 0. The Morgan fingerprint density at radius 1 is 1.43 bits per heavy atom. The fourth-order valence-corrected chi connectivity index (χ4v) is 3.19. The maximum absolute atomic E-state index is 3.75. The van der Waals surface area contributed by atoms with Gasteiger partial charge in [0.25, 0.3) is 0 Å². The van der Waals surface area contributed by atoms with Crippen LogP contribution in [0.2, 0.25) is 0 Å². The lowest BCUT2D eigenvalue weighted by Gasteiger charge is -2.32. The van der Waals surface area contributed by atoms with Gasteiger partial charge in [-0.05, 0) is 48.2 Å². The van der Waals surface area contributed by atoms with Gasteiger partial charge in [-0.1, -0.05) is 19.8 Å². The zero-order chi connectivity index (χ0) is 9.86. The largest absolute Gasteiger partial charge is 0.307 e. The van der Waals surface area contributed by atoms with Gasteiger partial charge in [0.05, 0.1) is 0 Å². The Morgan fingerprint density at radius 3 is 3.07 bits per heavy atom. The molecule has 0 aliphatic carbocycles. The average Bonchev–Trinajstić information content (AvgIpc) is 2.64. The van der Waals surface area contributed by atoms with Crippen molar-refractivity contribution < 1.29 is 0 Å². The van der Waals surface area contributed by atoms with Crippen molar-refractivity contribution in [3.63, 3.8) is 0 Å². The molecule has 1 nitrogen and oxygen atoms in total.